The molecule has 7 nitrogen and oxygen atoms in total. The van der Waals surface area contributed by atoms with E-state index in [0.717, 1.165) is 33.0 Å². The Labute approximate surface area is 276 Å². The normalized spacial score (nSPS) is 11.2. The number of carbonyl (C=O) groups is 2. The molecule has 0 aliphatic rings. The molecule has 0 aliphatic heterocycles. The van der Waals surface area contributed by atoms with Gasteiger partial charge in [0, 0.05) is 21.5 Å². The molecule has 0 saturated heterocycles. The first kappa shape index (κ1) is 31.8. The minimum Gasteiger partial charge on any atom is -0.495 e. The second kappa shape index (κ2) is 15.4. The smallest absolute Gasteiger partial charge is 0.341 e. The van der Waals surface area contributed by atoms with Crippen molar-refractivity contribution in [2.45, 2.75) is 17.1 Å². The van der Waals surface area contributed by atoms with Crippen LogP contribution < -0.4 is 20.7 Å². The van der Waals surface area contributed by atoms with E-state index in [2.05, 4.69) is 16.0 Å². The van der Waals surface area contributed by atoms with Crippen LogP contribution in [0.3, 0.4) is 0 Å². The number of thiocarbonyl (C=S) groups is 1. The molecule has 4 aromatic carbocycles. The first-order valence-electron chi connectivity index (χ1n) is 14.1. The van der Waals surface area contributed by atoms with Crippen molar-refractivity contribution in [1.29, 1.82) is 0 Å². The van der Waals surface area contributed by atoms with Crippen LogP contribution in [0.5, 0.6) is 5.75 Å². The number of esters is 1. The number of benzene rings is 4. The van der Waals surface area contributed by atoms with E-state index in [9.17, 15) is 9.59 Å². The summed E-state index contributed by atoms with van der Waals surface area (Å²) in [6.45, 7) is 1.98. The molecule has 0 fully saturated rings. The Hall–Kier alpha value is -4.64. The van der Waals surface area contributed by atoms with Crippen molar-refractivity contribution in [2.75, 3.05) is 29.7 Å². The largest absolute Gasteiger partial charge is 0.495 e. The maximum atomic E-state index is 14.0. The Balaban J connectivity index is 1.38. The van der Waals surface area contributed by atoms with Crippen LogP contribution in [0.1, 0.15) is 28.1 Å². The fourth-order valence-corrected chi connectivity index (χ4v) is 6.85. The third-order valence-electron chi connectivity index (χ3n) is 6.63. The number of hydrogen-bond acceptors (Lipinski definition) is 7. The highest BCUT2D eigenvalue weighted by Gasteiger charge is 2.27. The van der Waals surface area contributed by atoms with Gasteiger partial charge in [0.1, 0.15) is 21.6 Å². The third-order valence-corrected chi connectivity index (χ3v) is 8.98. The molecule has 45 heavy (non-hydrogen) atoms. The minimum absolute atomic E-state index is 0.223. The molecule has 0 bridgehead atoms. The van der Waals surface area contributed by atoms with Crippen LogP contribution in [-0.4, -0.2) is 30.7 Å². The maximum Gasteiger partial charge on any atom is 0.341 e. The standard InChI is InChI=1S/C35H31N3O4S3/c1-3-42-34(40)30-27(23-13-6-4-7-14-23)22-44-33(30)38-32(39)31(24-15-8-5-9-16-24)45-26-18-12-17-25(21-26)36-35(43)37-28-19-10-11-20-29(28)41-2/h4-22,31H,3H2,1-2H3,(H,38,39)(H2,36,37,43). The average Bonchev–Trinajstić information content (AvgIpc) is 3.48. The molecule has 5 rings (SSSR count). The second-order valence-corrected chi connectivity index (χ2v) is 12.1. The Morgan fingerprint density at radius 1 is 0.867 bits per heavy atom. The van der Waals surface area contributed by atoms with Crippen LogP contribution in [0.4, 0.5) is 16.4 Å². The van der Waals surface area contributed by atoms with E-state index in [1.165, 1.54) is 23.1 Å². The summed E-state index contributed by atoms with van der Waals surface area (Å²) in [4.78, 5) is 27.9. The summed E-state index contributed by atoms with van der Waals surface area (Å²) in [7, 11) is 1.61. The number of thiophene rings is 1. The Morgan fingerprint density at radius 2 is 1.58 bits per heavy atom. The maximum absolute atomic E-state index is 14.0. The number of rotatable bonds is 11. The molecule has 5 aromatic rings. The van der Waals surface area contributed by atoms with Gasteiger partial charge in [0.05, 0.1) is 19.4 Å². The Bertz CT molecular complexity index is 1780. The van der Waals surface area contributed by atoms with E-state index in [1.807, 2.05) is 115 Å². The van der Waals surface area contributed by atoms with Gasteiger partial charge >= 0.3 is 5.97 Å². The predicted octanol–water partition coefficient (Wildman–Crippen LogP) is 8.88. The molecule has 3 N–H and O–H groups in total. The lowest BCUT2D eigenvalue weighted by Gasteiger charge is -2.18. The highest BCUT2D eigenvalue weighted by atomic mass is 32.2. The lowest BCUT2D eigenvalue weighted by molar-refractivity contribution is -0.115. The van der Waals surface area contributed by atoms with E-state index < -0.39 is 11.2 Å². The van der Waals surface area contributed by atoms with Gasteiger partial charge in [-0.2, -0.15) is 0 Å². The molecular weight excluding hydrogens is 623 g/mol. The van der Waals surface area contributed by atoms with Gasteiger partial charge in [-0.1, -0.05) is 78.9 Å². The van der Waals surface area contributed by atoms with Crippen LogP contribution in [-0.2, 0) is 9.53 Å². The van der Waals surface area contributed by atoms with Crippen molar-refractivity contribution < 1.29 is 19.1 Å². The quantitative estimate of drug-likeness (QED) is 0.0740. The molecular formula is C35H31N3O4S3. The van der Waals surface area contributed by atoms with Crippen LogP contribution in [0.2, 0.25) is 0 Å². The number of para-hydroxylation sites is 2. The molecule has 10 heteroatoms. The summed E-state index contributed by atoms with van der Waals surface area (Å²) >= 11 is 8.26. The van der Waals surface area contributed by atoms with Gasteiger partial charge in [-0.3, -0.25) is 4.79 Å². The Kier molecular flexibility index (Phi) is 10.9. The van der Waals surface area contributed by atoms with Crippen LogP contribution in [0.25, 0.3) is 11.1 Å². The zero-order valence-electron chi connectivity index (χ0n) is 24.6. The number of hydrogen-bond donors (Lipinski definition) is 3. The molecule has 1 aromatic heterocycles. The number of amides is 1. The van der Waals surface area contributed by atoms with E-state index >= 15 is 0 Å². The molecule has 1 unspecified atom stereocenters. The zero-order valence-corrected chi connectivity index (χ0v) is 27.1. The van der Waals surface area contributed by atoms with Crippen LogP contribution in [0, 0.1) is 0 Å². The fraction of sp³-hybridized carbons (Fsp3) is 0.114. The van der Waals surface area contributed by atoms with Gasteiger partial charge in [-0.05, 0) is 60.6 Å². The summed E-state index contributed by atoms with van der Waals surface area (Å²) < 4.78 is 10.8. The number of thioether (sulfide) groups is 1. The van der Waals surface area contributed by atoms with Crippen molar-refractivity contribution in [1.82, 2.24) is 0 Å². The zero-order chi connectivity index (χ0) is 31.6. The van der Waals surface area contributed by atoms with Gasteiger partial charge in [0.25, 0.3) is 0 Å². The van der Waals surface area contributed by atoms with Gasteiger partial charge in [-0.15, -0.1) is 23.1 Å². The monoisotopic (exact) mass is 653 g/mol. The van der Waals surface area contributed by atoms with Crippen molar-refractivity contribution in [3.8, 4) is 16.9 Å². The van der Waals surface area contributed by atoms with Crippen molar-refractivity contribution in [3.05, 3.63) is 126 Å². The molecule has 1 atom stereocenters. The molecule has 0 radical (unpaired) electrons. The number of ether oxygens (including phenoxy) is 2. The molecule has 1 heterocycles. The summed E-state index contributed by atoms with van der Waals surface area (Å²) in [5, 5.41) is 11.5. The number of anilines is 3. The highest BCUT2D eigenvalue weighted by Crippen LogP contribution is 2.40. The molecule has 1 amide bonds. The van der Waals surface area contributed by atoms with Gasteiger partial charge in [0.2, 0.25) is 5.91 Å². The number of carbonyl (C=O) groups excluding carboxylic acids is 2. The van der Waals surface area contributed by atoms with Gasteiger partial charge in [0.15, 0.2) is 5.11 Å². The topological polar surface area (TPSA) is 88.7 Å². The average molecular weight is 654 g/mol. The minimum atomic E-state index is -0.613. The summed E-state index contributed by atoms with van der Waals surface area (Å²) in [6.07, 6.45) is 0. The van der Waals surface area contributed by atoms with Crippen LogP contribution in [0.15, 0.2) is 119 Å². The van der Waals surface area contributed by atoms with E-state index in [0.29, 0.717) is 21.4 Å². The first-order valence-corrected chi connectivity index (χ1v) is 16.3. The molecule has 0 spiro atoms. The first-order chi connectivity index (χ1) is 22.0. The number of nitrogens with one attached hydrogen (secondary N) is 3. The summed E-state index contributed by atoms with van der Waals surface area (Å²) in [6, 6.07) is 34.3. The van der Waals surface area contributed by atoms with E-state index in [-0.39, 0.29) is 12.5 Å². The van der Waals surface area contributed by atoms with Crippen LogP contribution >= 0.6 is 35.3 Å². The third kappa shape index (κ3) is 8.10. The molecule has 0 saturated carbocycles. The SMILES string of the molecule is CCOC(=O)c1c(-c2ccccc2)csc1NC(=O)C(Sc1cccc(NC(=S)Nc2ccccc2OC)c1)c1ccccc1. The summed E-state index contributed by atoms with van der Waals surface area (Å²) in [5.41, 5.74) is 4.26. The van der Waals surface area contributed by atoms with Crippen molar-refractivity contribution >= 4 is 68.7 Å². The second-order valence-electron chi connectivity index (χ2n) is 9.65. The van der Waals surface area contributed by atoms with Gasteiger partial charge < -0.3 is 25.4 Å². The molecule has 228 valence electrons. The fourth-order valence-electron chi connectivity index (χ4n) is 4.58. The lowest BCUT2D eigenvalue weighted by atomic mass is 10.0. The van der Waals surface area contributed by atoms with Crippen molar-refractivity contribution in [2.24, 2.45) is 0 Å². The predicted molar refractivity (Wildman–Crippen MR) is 189 cm³/mol. The number of methoxy groups -OCH3 is 1. The highest BCUT2D eigenvalue weighted by molar-refractivity contribution is 8.00. The Morgan fingerprint density at radius 3 is 2.31 bits per heavy atom. The van der Waals surface area contributed by atoms with Crippen molar-refractivity contribution in [3.63, 3.8) is 0 Å². The lowest BCUT2D eigenvalue weighted by Crippen LogP contribution is -2.20. The van der Waals surface area contributed by atoms with E-state index in [1.54, 1.807) is 14.0 Å². The van der Waals surface area contributed by atoms with Gasteiger partial charge in [-0.25, -0.2) is 4.79 Å². The molecule has 0 aliphatic carbocycles. The van der Waals surface area contributed by atoms with E-state index in [4.69, 9.17) is 21.7 Å². The summed E-state index contributed by atoms with van der Waals surface area (Å²) in [5.74, 6) is -0.0614.